The van der Waals surface area contributed by atoms with Crippen LogP contribution < -0.4 is 5.32 Å². The van der Waals surface area contributed by atoms with E-state index in [2.05, 4.69) is 5.32 Å². The summed E-state index contributed by atoms with van der Waals surface area (Å²) in [4.78, 5) is 22.9. The zero-order valence-corrected chi connectivity index (χ0v) is 13.5. The number of nitro benzene ring substituents is 1. The molecule has 0 aliphatic rings. The zero-order valence-electron chi connectivity index (χ0n) is 13.5. The van der Waals surface area contributed by atoms with Crippen LogP contribution in [0.4, 0.5) is 11.4 Å². The van der Waals surface area contributed by atoms with Crippen LogP contribution in [0.15, 0.2) is 40.8 Å². The number of amides is 1. The largest absolute Gasteiger partial charge is 0.450 e. The lowest BCUT2D eigenvalue weighted by molar-refractivity contribution is -0.384. The van der Waals surface area contributed by atoms with Crippen molar-refractivity contribution in [3.05, 3.63) is 69.0 Å². The molecule has 1 N–H and O–H groups in total. The lowest BCUT2D eigenvalue weighted by atomic mass is 10.0. The molecule has 122 valence electrons. The number of aryl methyl sites for hydroxylation is 3. The number of benzene rings is 2. The van der Waals surface area contributed by atoms with Crippen molar-refractivity contribution in [1.82, 2.24) is 0 Å². The molecule has 6 nitrogen and oxygen atoms in total. The van der Waals surface area contributed by atoms with E-state index in [0.717, 1.165) is 22.1 Å². The summed E-state index contributed by atoms with van der Waals surface area (Å²) in [6.07, 6.45) is 0. The minimum absolute atomic E-state index is 0.0826. The summed E-state index contributed by atoms with van der Waals surface area (Å²) in [5.41, 5.74) is 3.70. The van der Waals surface area contributed by atoms with E-state index in [1.165, 1.54) is 18.2 Å². The number of nitrogens with zero attached hydrogens (tertiary/aromatic N) is 1. The number of carbonyl (C=O) groups excluding carboxylic acids is 1. The standard InChI is InChI=1S/C18H16N2O4/c1-10-7-8-11(2)16-15(10)12(3)17(24-16)18(21)19-13-5-4-6-14(9-13)20(22)23/h4-9H,1-3H3,(H,19,21). The predicted molar refractivity (Wildman–Crippen MR) is 91.5 cm³/mol. The third kappa shape index (κ3) is 2.62. The van der Waals surface area contributed by atoms with Crippen LogP contribution in [0, 0.1) is 30.9 Å². The van der Waals surface area contributed by atoms with E-state index in [9.17, 15) is 14.9 Å². The summed E-state index contributed by atoms with van der Waals surface area (Å²) >= 11 is 0. The highest BCUT2D eigenvalue weighted by atomic mass is 16.6. The van der Waals surface area contributed by atoms with Gasteiger partial charge >= 0.3 is 0 Å². The minimum atomic E-state index is -0.505. The van der Waals surface area contributed by atoms with Gasteiger partial charge in [0.2, 0.25) is 0 Å². The average molecular weight is 324 g/mol. The normalized spacial score (nSPS) is 10.8. The van der Waals surface area contributed by atoms with Crippen molar-refractivity contribution < 1.29 is 14.1 Å². The molecule has 0 radical (unpaired) electrons. The van der Waals surface area contributed by atoms with E-state index in [1.807, 2.05) is 32.9 Å². The van der Waals surface area contributed by atoms with Gasteiger partial charge in [0, 0.05) is 28.8 Å². The van der Waals surface area contributed by atoms with E-state index in [0.29, 0.717) is 11.3 Å². The van der Waals surface area contributed by atoms with Crippen molar-refractivity contribution in [2.75, 3.05) is 5.32 Å². The molecule has 0 saturated heterocycles. The van der Waals surface area contributed by atoms with Gasteiger partial charge in [-0.1, -0.05) is 18.2 Å². The Hall–Kier alpha value is -3.15. The van der Waals surface area contributed by atoms with Crippen LogP contribution in [-0.2, 0) is 0 Å². The fourth-order valence-corrected chi connectivity index (χ4v) is 2.78. The highest BCUT2D eigenvalue weighted by Gasteiger charge is 2.20. The van der Waals surface area contributed by atoms with Crippen molar-refractivity contribution in [3.8, 4) is 0 Å². The molecule has 0 aliphatic heterocycles. The summed E-state index contributed by atoms with van der Waals surface area (Å²) in [5, 5.41) is 14.4. The molecule has 1 heterocycles. The fourth-order valence-electron chi connectivity index (χ4n) is 2.78. The summed E-state index contributed by atoms with van der Waals surface area (Å²) in [6, 6.07) is 9.74. The number of anilines is 1. The Kier molecular flexibility index (Phi) is 3.81. The Morgan fingerprint density at radius 1 is 1.12 bits per heavy atom. The summed E-state index contributed by atoms with van der Waals surface area (Å²) in [7, 11) is 0. The fraction of sp³-hybridized carbons (Fsp3) is 0.167. The molecular formula is C18H16N2O4. The third-order valence-electron chi connectivity index (χ3n) is 4.00. The van der Waals surface area contributed by atoms with Gasteiger partial charge < -0.3 is 9.73 Å². The number of nitrogens with one attached hydrogen (secondary N) is 1. The van der Waals surface area contributed by atoms with E-state index in [1.54, 1.807) is 6.07 Å². The smallest absolute Gasteiger partial charge is 0.291 e. The van der Waals surface area contributed by atoms with Gasteiger partial charge in [0.15, 0.2) is 5.76 Å². The van der Waals surface area contributed by atoms with Gasteiger partial charge in [-0.25, -0.2) is 0 Å². The first-order valence-electron chi connectivity index (χ1n) is 7.43. The number of nitro groups is 1. The molecule has 2 aromatic carbocycles. The lowest BCUT2D eigenvalue weighted by Gasteiger charge is -2.03. The van der Waals surface area contributed by atoms with E-state index < -0.39 is 10.8 Å². The molecule has 1 amide bonds. The molecule has 0 fully saturated rings. The number of furan rings is 1. The molecule has 0 aliphatic carbocycles. The van der Waals surface area contributed by atoms with Crippen LogP contribution in [0.2, 0.25) is 0 Å². The Bertz CT molecular complexity index is 973. The number of non-ortho nitro benzene ring substituents is 1. The molecule has 0 unspecified atom stereocenters. The quantitative estimate of drug-likeness (QED) is 0.567. The topological polar surface area (TPSA) is 85.4 Å². The molecule has 0 saturated carbocycles. The Morgan fingerprint density at radius 2 is 1.83 bits per heavy atom. The monoisotopic (exact) mass is 324 g/mol. The molecule has 0 spiro atoms. The van der Waals surface area contributed by atoms with Crippen LogP contribution in [-0.4, -0.2) is 10.8 Å². The highest BCUT2D eigenvalue weighted by molar-refractivity contribution is 6.07. The summed E-state index contributed by atoms with van der Waals surface area (Å²) in [5.74, 6) is -0.211. The van der Waals surface area contributed by atoms with Gasteiger partial charge in [0.05, 0.1) is 4.92 Å². The van der Waals surface area contributed by atoms with Crippen LogP contribution in [0.3, 0.4) is 0 Å². The van der Waals surface area contributed by atoms with Crippen LogP contribution >= 0.6 is 0 Å². The van der Waals surface area contributed by atoms with Gasteiger partial charge in [-0.05, 0) is 38.0 Å². The van der Waals surface area contributed by atoms with Crippen molar-refractivity contribution in [2.45, 2.75) is 20.8 Å². The van der Waals surface area contributed by atoms with Crippen LogP contribution in [0.25, 0.3) is 11.0 Å². The van der Waals surface area contributed by atoms with Crippen LogP contribution in [0.5, 0.6) is 0 Å². The number of carbonyl (C=O) groups is 1. The minimum Gasteiger partial charge on any atom is -0.450 e. The highest BCUT2D eigenvalue weighted by Crippen LogP contribution is 2.31. The Balaban J connectivity index is 1.99. The number of hydrogen-bond donors (Lipinski definition) is 1. The van der Waals surface area contributed by atoms with E-state index in [-0.39, 0.29) is 11.4 Å². The van der Waals surface area contributed by atoms with Gasteiger partial charge in [-0.15, -0.1) is 0 Å². The van der Waals surface area contributed by atoms with Crippen molar-refractivity contribution in [2.24, 2.45) is 0 Å². The van der Waals surface area contributed by atoms with Gasteiger partial charge in [-0.3, -0.25) is 14.9 Å². The average Bonchev–Trinajstić information content (AvgIpc) is 2.90. The maximum Gasteiger partial charge on any atom is 0.291 e. The van der Waals surface area contributed by atoms with Crippen LogP contribution in [0.1, 0.15) is 27.2 Å². The summed E-state index contributed by atoms with van der Waals surface area (Å²) in [6.45, 7) is 5.72. The first-order chi connectivity index (χ1) is 11.4. The van der Waals surface area contributed by atoms with Gasteiger partial charge in [-0.2, -0.15) is 0 Å². The molecule has 1 aromatic heterocycles. The first-order valence-corrected chi connectivity index (χ1v) is 7.43. The van der Waals surface area contributed by atoms with Gasteiger partial charge in [0.1, 0.15) is 5.58 Å². The third-order valence-corrected chi connectivity index (χ3v) is 4.00. The molecular weight excluding hydrogens is 308 g/mol. The molecule has 24 heavy (non-hydrogen) atoms. The first kappa shape index (κ1) is 15.7. The number of fused-ring (bicyclic) bond motifs is 1. The zero-order chi connectivity index (χ0) is 17.4. The number of hydrogen-bond acceptors (Lipinski definition) is 4. The maximum atomic E-state index is 12.5. The van der Waals surface area contributed by atoms with Crippen molar-refractivity contribution >= 4 is 28.3 Å². The maximum absolute atomic E-state index is 12.5. The van der Waals surface area contributed by atoms with Crippen molar-refractivity contribution in [1.29, 1.82) is 0 Å². The molecule has 3 aromatic rings. The summed E-state index contributed by atoms with van der Waals surface area (Å²) < 4.78 is 5.78. The Morgan fingerprint density at radius 3 is 2.50 bits per heavy atom. The molecule has 0 bridgehead atoms. The predicted octanol–water partition coefficient (Wildman–Crippen LogP) is 4.52. The SMILES string of the molecule is Cc1ccc(C)c2c(C)c(C(=O)Nc3cccc([N+](=O)[O-])c3)oc12. The molecule has 0 atom stereocenters. The molecule has 3 rings (SSSR count). The van der Waals surface area contributed by atoms with E-state index in [4.69, 9.17) is 4.42 Å². The van der Waals surface area contributed by atoms with Crippen molar-refractivity contribution in [3.63, 3.8) is 0 Å². The second-order valence-corrected chi connectivity index (χ2v) is 5.72. The number of rotatable bonds is 3. The molecule has 6 heteroatoms. The lowest BCUT2D eigenvalue weighted by Crippen LogP contribution is -2.12. The Labute approximate surface area is 138 Å². The second-order valence-electron chi connectivity index (χ2n) is 5.72. The van der Waals surface area contributed by atoms with E-state index >= 15 is 0 Å². The second kappa shape index (κ2) is 5.81. The van der Waals surface area contributed by atoms with Gasteiger partial charge in [0.25, 0.3) is 11.6 Å².